The van der Waals surface area contributed by atoms with E-state index in [1.807, 2.05) is 12.1 Å². The molecule has 1 aliphatic rings. The molecule has 178 valence electrons. The molecule has 0 unspecified atom stereocenters. The molecule has 34 heavy (non-hydrogen) atoms. The van der Waals surface area contributed by atoms with Gasteiger partial charge in [0.1, 0.15) is 11.6 Å². The van der Waals surface area contributed by atoms with Gasteiger partial charge in [0, 0.05) is 0 Å². The molecule has 3 aromatic rings. The van der Waals surface area contributed by atoms with Crippen molar-refractivity contribution in [3.8, 4) is 5.75 Å². The number of anilines is 1. The number of rotatable bonds is 8. The van der Waals surface area contributed by atoms with Crippen LogP contribution in [0.1, 0.15) is 35.6 Å². The van der Waals surface area contributed by atoms with E-state index in [9.17, 15) is 17.6 Å². The largest absolute Gasteiger partial charge is 0.484 e. The predicted octanol–water partition coefficient (Wildman–Crippen LogP) is 4.36. The van der Waals surface area contributed by atoms with Gasteiger partial charge in [0.25, 0.3) is 5.91 Å². The summed E-state index contributed by atoms with van der Waals surface area (Å²) >= 11 is 0. The molecule has 4 rings (SSSR count). The summed E-state index contributed by atoms with van der Waals surface area (Å²) in [5, 5.41) is 3.05. The minimum Gasteiger partial charge on any atom is -0.484 e. The second kappa shape index (κ2) is 10.3. The fraction of sp³-hybridized carbons (Fsp3) is 0.269. The summed E-state index contributed by atoms with van der Waals surface area (Å²) in [5.74, 6) is -0.133. The number of carbonyl (C=O) groups is 1. The number of amides is 1. The van der Waals surface area contributed by atoms with Crippen LogP contribution in [0.15, 0.2) is 72.8 Å². The molecule has 0 spiro atoms. The van der Waals surface area contributed by atoms with E-state index >= 15 is 0 Å². The van der Waals surface area contributed by atoms with Crippen molar-refractivity contribution < 1.29 is 22.3 Å². The van der Waals surface area contributed by atoms with Crippen molar-refractivity contribution in [3.05, 3.63) is 95.3 Å². The van der Waals surface area contributed by atoms with Gasteiger partial charge < -0.3 is 10.1 Å². The quantitative estimate of drug-likeness (QED) is 0.518. The van der Waals surface area contributed by atoms with E-state index in [-0.39, 0.29) is 30.9 Å². The van der Waals surface area contributed by atoms with Gasteiger partial charge >= 0.3 is 0 Å². The van der Waals surface area contributed by atoms with E-state index in [0.717, 1.165) is 31.1 Å². The number of hydrogen-bond donors (Lipinski definition) is 1. The molecule has 0 heterocycles. The Morgan fingerprint density at radius 1 is 1.06 bits per heavy atom. The Kier molecular flexibility index (Phi) is 7.17. The van der Waals surface area contributed by atoms with Crippen LogP contribution in [0.4, 0.5) is 10.1 Å². The molecular formula is C26H27FN2O4S. The molecule has 1 amide bonds. The third-order valence-corrected chi connectivity index (χ3v) is 6.98. The van der Waals surface area contributed by atoms with Gasteiger partial charge in [-0.1, -0.05) is 36.4 Å². The zero-order chi connectivity index (χ0) is 24.1. The molecule has 1 atom stereocenters. The summed E-state index contributed by atoms with van der Waals surface area (Å²) in [6, 6.07) is 20.3. The zero-order valence-corrected chi connectivity index (χ0v) is 19.7. The molecule has 1 aliphatic carbocycles. The summed E-state index contributed by atoms with van der Waals surface area (Å²) in [6.45, 7) is -0.0615. The molecule has 8 heteroatoms. The summed E-state index contributed by atoms with van der Waals surface area (Å²) < 4.78 is 44.7. The first kappa shape index (κ1) is 23.8. The van der Waals surface area contributed by atoms with Gasteiger partial charge in [-0.2, -0.15) is 0 Å². The van der Waals surface area contributed by atoms with Crippen LogP contribution in [0.25, 0.3) is 0 Å². The van der Waals surface area contributed by atoms with Crippen molar-refractivity contribution in [1.29, 1.82) is 0 Å². The number of aryl methyl sites for hydroxylation is 1. The summed E-state index contributed by atoms with van der Waals surface area (Å²) in [5.41, 5.74) is 3.54. The first-order chi connectivity index (χ1) is 16.3. The minimum atomic E-state index is -3.57. The highest BCUT2D eigenvalue weighted by molar-refractivity contribution is 7.92. The molecule has 0 aliphatic heterocycles. The maximum atomic E-state index is 13.2. The van der Waals surface area contributed by atoms with E-state index in [4.69, 9.17) is 4.74 Å². The number of hydrogen-bond acceptors (Lipinski definition) is 4. The second-order valence-electron chi connectivity index (χ2n) is 8.39. The lowest BCUT2D eigenvalue weighted by Crippen LogP contribution is -2.34. The average Bonchev–Trinajstić information content (AvgIpc) is 2.82. The van der Waals surface area contributed by atoms with Crippen molar-refractivity contribution in [2.45, 2.75) is 31.8 Å². The van der Waals surface area contributed by atoms with Crippen LogP contribution >= 0.6 is 0 Å². The predicted molar refractivity (Wildman–Crippen MR) is 130 cm³/mol. The van der Waals surface area contributed by atoms with E-state index in [1.165, 1.54) is 22.0 Å². The first-order valence-corrected chi connectivity index (χ1v) is 13.0. The van der Waals surface area contributed by atoms with Gasteiger partial charge in [0.15, 0.2) is 6.61 Å². The van der Waals surface area contributed by atoms with E-state index in [2.05, 4.69) is 17.4 Å². The number of halogens is 1. The maximum absolute atomic E-state index is 13.2. The van der Waals surface area contributed by atoms with Crippen molar-refractivity contribution in [2.24, 2.45) is 0 Å². The molecule has 0 saturated heterocycles. The van der Waals surface area contributed by atoms with Crippen molar-refractivity contribution in [2.75, 3.05) is 17.2 Å². The van der Waals surface area contributed by atoms with E-state index in [1.54, 1.807) is 36.4 Å². The standard InChI is InChI=1S/C26H27FN2O4S/c1-34(31,32)29(17-19-9-11-21(27)12-10-19)22-13-15-23(16-14-22)33-18-26(30)28-25-8-4-6-20-5-2-3-7-24(20)25/h2-3,5,7,9-16,25H,4,6,8,17-18H2,1H3,(H,28,30)/t25-/m0/s1. The summed E-state index contributed by atoms with van der Waals surface area (Å²) in [7, 11) is -3.57. The van der Waals surface area contributed by atoms with Crippen LogP contribution in [0.2, 0.25) is 0 Å². The SMILES string of the molecule is CS(=O)(=O)N(Cc1ccc(F)cc1)c1ccc(OCC(=O)N[C@H]2CCCc3ccccc32)cc1. The Labute approximate surface area is 199 Å². The molecule has 0 fully saturated rings. The number of nitrogens with one attached hydrogen (secondary N) is 1. The van der Waals surface area contributed by atoms with Crippen LogP contribution in [0.3, 0.4) is 0 Å². The Morgan fingerprint density at radius 3 is 2.47 bits per heavy atom. The van der Waals surface area contributed by atoms with E-state index < -0.39 is 10.0 Å². The number of fused-ring (bicyclic) bond motifs is 1. The smallest absolute Gasteiger partial charge is 0.258 e. The fourth-order valence-corrected chi connectivity index (χ4v) is 5.04. The monoisotopic (exact) mass is 482 g/mol. The van der Waals surface area contributed by atoms with Gasteiger partial charge in [0.05, 0.1) is 24.5 Å². The molecule has 6 nitrogen and oxygen atoms in total. The Balaban J connectivity index is 1.37. The number of benzene rings is 3. The number of sulfonamides is 1. The summed E-state index contributed by atoms with van der Waals surface area (Å²) in [4.78, 5) is 12.5. The summed E-state index contributed by atoms with van der Waals surface area (Å²) in [6.07, 6.45) is 4.07. The molecule has 0 bridgehead atoms. The lowest BCUT2D eigenvalue weighted by molar-refractivity contribution is -0.123. The fourth-order valence-electron chi connectivity index (χ4n) is 4.15. The van der Waals surface area contributed by atoms with Crippen LogP contribution in [-0.2, 0) is 27.8 Å². The Bertz CT molecular complexity index is 1240. The highest BCUT2D eigenvalue weighted by atomic mass is 32.2. The van der Waals surface area contributed by atoms with Crippen molar-refractivity contribution >= 4 is 21.6 Å². The third kappa shape index (κ3) is 5.94. The van der Waals surface area contributed by atoms with Gasteiger partial charge in [-0.15, -0.1) is 0 Å². The van der Waals surface area contributed by atoms with Crippen molar-refractivity contribution in [3.63, 3.8) is 0 Å². The van der Waals surface area contributed by atoms with Crippen molar-refractivity contribution in [1.82, 2.24) is 5.32 Å². The number of nitrogens with zero attached hydrogens (tertiary/aromatic N) is 1. The van der Waals surface area contributed by atoms with Gasteiger partial charge in [-0.3, -0.25) is 9.10 Å². The molecular weight excluding hydrogens is 455 g/mol. The highest BCUT2D eigenvalue weighted by Gasteiger charge is 2.22. The molecule has 0 aromatic heterocycles. The number of carbonyl (C=O) groups excluding carboxylic acids is 1. The number of ether oxygens (including phenoxy) is 1. The topological polar surface area (TPSA) is 75.7 Å². The molecule has 1 N–H and O–H groups in total. The van der Waals surface area contributed by atoms with Crippen LogP contribution < -0.4 is 14.4 Å². The normalized spacial score (nSPS) is 15.3. The van der Waals surface area contributed by atoms with Gasteiger partial charge in [-0.25, -0.2) is 12.8 Å². The average molecular weight is 483 g/mol. The van der Waals surface area contributed by atoms with Gasteiger partial charge in [0.2, 0.25) is 10.0 Å². The molecule has 0 radical (unpaired) electrons. The maximum Gasteiger partial charge on any atom is 0.258 e. The highest BCUT2D eigenvalue weighted by Crippen LogP contribution is 2.29. The van der Waals surface area contributed by atoms with Gasteiger partial charge in [-0.05, 0) is 72.4 Å². The first-order valence-electron chi connectivity index (χ1n) is 11.1. The van der Waals surface area contributed by atoms with Crippen LogP contribution in [0, 0.1) is 5.82 Å². The molecule has 0 saturated carbocycles. The Hall–Kier alpha value is -3.39. The van der Waals surface area contributed by atoms with E-state index in [0.29, 0.717) is 17.0 Å². The Morgan fingerprint density at radius 2 is 1.76 bits per heavy atom. The lowest BCUT2D eigenvalue weighted by atomic mass is 9.88. The lowest BCUT2D eigenvalue weighted by Gasteiger charge is -2.26. The minimum absolute atomic E-state index is 0.0155. The third-order valence-electron chi connectivity index (χ3n) is 5.84. The molecule has 3 aromatic carbocycles. The second-order valence-corrected chi connectivity index (χ2v) is 10.3. The van der Waals surface area contributed by atoms with Crippen LogP contribution in [-0.4, -0.2) is 27.2 Å². The zero-order valence-electron chi connectivity index (χ0n) is 18.9. The van der Waals surface area contributed by atoms with Crippen LogP contribution in [0.5, 0.6) is 5.75 Å².